The SMILES string of the molecule is CCOC(=O)C1CCCN(c2ncnc(N3CCN(c4cccc(Cl)c4)CC3)c2N)C1. The molecular weight excluding hydrogens is 416 g/mol. The molecule has 3 heterocycles. The highest BCUT2D eigenvalue weighted by Crippen LogP contribution is 2.33. The summed E-state index contributed by atoms with van der Waals surface area (Å²) in [5.74, 6) is 1.18. The molecular formula is C22H29ClN6O2. The minimum atomic E-state index is -0.146. The van der Waals surface area contributed by atoms with Gasteiger partial charge in [-0.2, -0.15) is 0 Å². The van der Waals surface area contributed by atoms with E-state index in [2.05, 4.69) is 30.7 Å². The maximum atomic E-state index is 12.2. The molecule has 2 fully saturated rings. The number of ether oxygens (including phenoxy) is 1. The van der Waals surface area contributed by atoms with Gasteiger partial charge in [0.15, 0.2) is 11.6 Å². The van der Waals surface area contributed by atoms with E-state index in [4.69, 9.17) is 22.1 Å². The second-order valence-corrected chi connectivity index (χ2v) is 8.36. The summed E-state index contributed by atoms with van der Waals surface area (Å²) in [6.07, 6.45) is 3.30. The molecule has 1 aromatic heterocycles. The van der Waals surface area contributed by atoms with Crippen LogP contribution in [0.2, 0.25) is 5.02 Å². The quantitative estimate of drug-likeness (QED) is 0.704. The summed E-state index contributed by atoms with van der Waals surface area (Å²) in [4.78, 5) is 27.8. The molecule has 9 heteroatoms. The van der Waals surface area contributed by atoms with Crippen molar-refractivity contribution >= 4 is 40.6 Å². The van der Waals surface area contributed by atoms with Crippen LogP contribution in [0.1, 0.15) is 19.8 Å². The van der Waals surface area contributed by atoms with Gasteiger partial charge in [0, 0.05) is 50.0 Å². The van der Waals surface area contributed by atoms with Gasteiger partial charge in [-0.05, 0) is 38.0 Å². The Bertz CT molecular complexity index is 919. The third-order valence-corrected chi connectivity index (χ3v) is 6.17. The van der Waals surface area contributed by atoms with E-state index in [1.54, 1.807) is 6.33 Å². The molecule has 0 saturated carbocycles. The van der Waals surface area contributed by atoms with Crippen LogP contribution >= 0.6 is 11.6 Å². The number of nitrogen functional groups attached to an aromatic ring is 1. The Balaban J connectivity index is 1.45. The molecule has 4 rings (SSSR count). The van der Waals surface area contributed by atoms with Gasteiger partial charge >= 0.3 is 5.97 Å². The van der Waals surface area contributed by atoms with Gasteiger partial charge in [0.25, 0.3) is 0 Å². The Labute approximate surface area is 187 Å². The zero-order valence-corrected chi connectivity index (χ0v) is 18.6. The largest absolute Gasteiger partial charge is 0.466 e. The summed E-state index contributed by atoms with van der Waals surface area (Å²) in [6.45, 7) is 6.94. The van der Waals surface area contributed by atoms with Crippen molar-refractivity contribution in [1.82, 2.24) is 9.97 Å². The van der Waals surface area contributed by atoms with E-state index in [9.17, 15) is 4.79 Å². The summed E-state index contributed by atoms with van der Waals surface area (Å²) in [5, 5.41) is 0.743. The maximum absolute atomic E-state index is 12.2. The van der Waals surface area contributed by atoms with Gasteiger partial charge in [-0.15, -0.1) is 0 Å². The third kappa shape index (κ3) is 4.79. The van der Waals surface area contributed by atoms with Crippen LogP contribution in [0.4, 0.5) is 23.0 Å². The van der Waals surface area contributed by atoms with E-state index in [0.717, 1.165) is 62.1 Å². The van der Waals surface area contributed by atoms with Crippen LogP contribution in [-0.4, -0.2) is 61.8 Å². The predicted octanol–water partition coefficient (Wildman–Crippen LogP) is 2.82. The number of aromatic nitrogens is 2. The summed E-state index contributed by atoms with van der Waals surface area (Å²) in [5.41, 5.74) is 8.23. The van der Waals surface area contributed by atoms with Crippen LogP contribution < -0.4 is 20.4 Å². The minimum absolute atomic E-state index is 0.141. The second-order valence-electron chi connectivity index (χ2n) is 7.93. The smallest absolute Gasteiger partial charge is 0.310 e. The molecule has 0 amide bonds. The molecule has 0 radical (unpaired) electrons. The number of piperidine rings is 1. The molecule has 1 aromatic carbocycles. The van der Waals surface area contributed by atoms with Crippen LogP contribution in [0.5, 0.6) is 0 Å². The van der Waals surface area contributed by atoms with Gasteiger partial charge in [-0.25, -0.2) is 9.97 Å². The Morgan fingerprint density at radius 3 is 2.55 bits per heavy atom. The molecule has 8 nitrogen and oxygen atoms in total. The Morgan fingerprint density at radius 2 is 1.84 bits per heavy atom. The van der Waals surface area contributed by atoms with E-state index in [0.29, 0.717) is 24.7 Å². The van der Waals surface area contributed by atoms with E-state index in [1.807, 2.05) is 25.1 Å². The average Bonchev–Trinajstić information content (AvgIpc) is 2.80. The number of carbonyl (C=O) groups is 1. The summed E-state index contributed by atoms with van der Waals surface area (Å²) in [7, 11) is 0. The van der Waals surface area contributed by atoms with Crippen LogP contribution in [-0.2, 0) is 9.53 Å². The number of hydrogen-bond donors (Lipinski definition) is 1. The van der Waals surface area contributed by atoms with Crippen molar-refractivity contribution < 1.29 is 9.53 Å². The number of rotatable bonds is 5. The van der Waals surface area contributed by atoms with Gasteiger partial charge < -0.3 is 25.2 Å². The lowest BCUT2D eigenvalue weighted by Crippen LogP contribution is -2.47. The number of nitrogens with zero attached hydrogens (tertiary/aromatic N) is 5. The topological polar surface area (TPSA) is 87.8 Å². The van der Waals surface area contributed by atoms with Crippen molar-refractivity contribution in [3.8, 4) is 0 Å². The molecule has 2 aromatic rings. The van der Waals surface area contributed by atoms with Crippen LogP contribution in [0.25, 0.3) is 0 Å². The predicted molar refractivity (Wildman–Crippen MR) is 124 cm³/mol. The lowest BCUT2D eigenvalue weighted by molar-refractivity contribution is -0.148. The summed E-state index contributed by atoms with van der Waals surface area (Å²) in [6, 6.07) is 7.93. The second kappa shape index (κ2) is 9.60. The highest BCUT2D eigenvalue weighted by molar-refractivity contribution is 6.30. The van der Waals surface area contributed by atoms with Gasteiger partial charge in [-0.1, -0.05) is 17.7 Å². The molecule has 0 aliphatic carbocycles. The van der Waals surface area contributed by atoms with Crippen molar-refractivity contribution in [2.75, 3.05) is 66.3 Å². The van der Waals surface area contributed by atoms with E-state index in [1.165, 1.54) is 0 Å². The number of nitrogens with two attached hydrogens (primary N) is 1. The van der Waals surface area contributed by atoms with Gasteiger partial charge in [-0.3, -0.25) is 4.79 Å². The number of carbonyl (C=O) groups excluding carboxylic acids is 1. The van der Waals surface area contributed by atoms with Crippen LogP contribution in [0.15, 0.2) is 30.6 Å². The van der Waals surface area contributed by atoms with Gasteiger partial charge in [0.2, 0.25) is 0 Å². The van der Waals surface area contributed by atoms with E-state index < -0.39 is 0 Å². The molecule has 166 valence electrons. The van der Waals surface area contributed by atoms with Crippen molar-refractivity contribution in [1.29, 1.82) is 0 Å². The fourth-order valence-electron chi connectivity index (χ4n) is 4.35. The molecule has 2 N–H and O–H groups in total. The molecule has 31 heavy (non-hydrogen) atoms. The molecule has 2 saturated heterocycles. The van der Waals surface area contributed by atoms with Gasteiger partial charge in [0.05, 0.1) is 12.5 Å². The van der Waals surface area contributed by atoms with Crippen molar-refractivity contribution in [3.63, 3.8) is 0 Å². The number of hydrogen-bond acceptors (Lipinski definition) is 8. The Kier molecular flexibility index (Phi) is 6.65. The number of piperazine rings is 1. The average molecular weight is 445 g/mol. The fraction of sp³-hybridized carbons (Fsp3) is 0.500. The van der Waals surface area contributed by atoms with E-state index >= 15 is 0 Å². The molecule has 2 aliphatic rings. The number of esters is 1. The fourth-order valence-corrected chi connectivity index (χ4v) is 4.54. The summed E-state index contributed by atoms with van der Waals surface area (Å²) >= 11 is 6.14. The van der Waals surface area contributed by atoms with Crippen molar-refractivity contribution in [3.05, 3.63) is 35.6 Å². The first-order valence-corrected chi connectivity index (χ1v) is 11.2. The summed E-state index contributed by atoms with van der Waals surface area (Å²) < 4.78 is 5.22. The van der Waals surface area contributed by atoms with Gasteiger partial charge in [0.1, 0.15) is 12.0 Å². The van der Waals surface area contributed by atoms with Crippen LogP contribution in [0.3, 0.4) is 0 Å². The molecule has 1 unspecified atom stereocenters. The van der Waals surface area contributed by atoms with Crippen molar-refractivity contribution in [2.45, 2.75) is 19.8 Å². The highest BCUT2D eigenvalue weighted by Gasteiger charge is 2.30. The molecule has 2 aliphatic heterocycles. The Hall–Kier alpha value is -2.74. The standard InChI is InChI=1S/C22H29ClN6O2/c1-2-31-22(30)16-5-4-8-29(14-16)21-19(24)20(25-15-26-21)28-11-9-27(10-12-28)18-7-3-6-17(23)13-18/h3,6-7,13,15-16H,2,4-5,8-12,14,24H2,1H3. The number of anilines is 4. The zero-order chi connectivity index (χ0) is 21.8. The first-order valence-electron chi connectivity index (χ1n) is 10.8. The molecule has 0 spiro atoms. The lowest BCUT2D eigenvalue weighted by Gasteiger charge is -2.38. The first-order chi connectivity index (χ1) is 15.1. The zero-order valence-electron chi connectivity index (χ0n) is 17.8. The lowest BCUT2D eigenvalue weighted by atomic mass is 9.98. The normalized spacial score (nSPS) is 19.4. The monoisotopic (exact) mass is 444 g/mol. The van der Waals surface area contributed by atoms with Crippen LogP contribution in [0, 0.1) is 5.92 Å². The highest BCUT2D eigenvalue weighted by atomic mass is 35.5. The number of benzene rings is 1. The first kappa shape index (κ1) is 21.5. The number of halogens is 1. The Morgan fingerprint density at radius 1 is 1.13 bits per heavy atom. The third-order valence-electron chi connectivity index (χ3n) is 5.94. The maximum Gasteiger partial charge on any atom is 0.310 e. The molecule has 1 atom stereocenters. The van der Waals surface area contributed by atoms with Crippen molar-refractivity contribution in [2.24, 2.45) is 5.92 Å². The van der Waals surface area contributed by atoms with E-state index in [-0.39, 0.29) is 11.9 Å². The minimum Gasteiger partial charge on any atom is -0.466 e. The molecule has 0 bridgehead atoms.